The van der Waals surface area contributed by atoms with Crippen LogP contribution in [0, 0.1) is 0 Å². The van der Waals surface area contributed by atoms with Crippen molar-refractivity contribution in [1.82, 2.24) is 0 Å². The average Bonchev–Trinajstić information content (AvgIpc) is 2.31. The number of anilines is 1. The fourth-order valence-electron chi connectivity index (χ4n) is 0.786. The molecule has 0 amide bonds. The second kappa shape index (κ2) is 3.38. The van der Waals surface area contributed by atoms with Gasteiger partial charge in [-0.3, -0.25) is 0 Å². The number of esters is 1. The maximum absolute atomic E-state index is 11.4. The summed E-state index contributed by atoms with van der Waals surface area (Å²) in [4.78, 5) is 12.0. The third-order valence-corrected chi connectivity index (χ3v) is 2.15. The van der Waals surface area contributed by atoms with Gasteiger partial charge in [-0.05, 0) is 26.8 Å². The van der Waals surface area contributed by atoms with Crippen molar-refractivity contribution in [2.75, 3.05) is 5.73 Å². The molecule has 0 aliphatic heterocycles. The predicted molar refractivity (Wildman–Crippen MR) is 53.9 cm³/mol. The summed E-state index contributed by atoms with van der Waals surface area (Å²) in [5, 5.41) is 1.72. The number of rotatable bonds is 1. The highest BCUT2D eigenvalue weighted by atomic mass is 32.1. The number of hydrogen-bond donors (Lipinski definition) is 1. The van der Waals surface area contributed by atoms with Gasteiger partial charge in [0.2, 0.25) is 0 Å². The van der Waals surface area contributed by atoms with Crippen molar-refractivity contribution >= 4 is 23.0 Å². The number of thiophene rings is 1. The predicted octanol–water partition coefficient (Wildman–Crippen LogP) is 2.29. The summed E-state index contributed by atoms with van der Waals surface area (Å²) in [6.07, 6.45) is 0. The van der Waals surface area contributed by atoms with Crippen LogP contribution in [0.25, 0.3) is 0 Å². The highest BCUT2D eigenvalue weighted by Gasteiger charge is 2.18. The van der Waals surface area contributed by atoms with Gasteiger partial charge in [-0.1, -0.05) is 0 Å². The van der Waals surface area contributed by atoms with Gasteiger partial charge in [-0.25, -0.2) is 4.79 Å². The molecule has 2 N–H and O–H groups in total. The van der Waals surface area contributed by atoms with Gasteiger partial charge in [-0.2, -0.15) is 0 Å². The second-order valence-corrected chi connectivity index (χ2v) is 4.66. The Kier molecular flexibility index (Phi) is 2.61. The van der Waals surface area contributed by atoms with Crippen molar-refractivity contribution in [3.8, 4) is 0 Å². The standard InChI is InChI=1S/C9H13NO2S/c1-9(2,3)12-8(11)7-4-6(10)5-13-7/h4-5H,10H2,1-3H3. The van der Waals surface area contributed by atoms with E-state index < -0.39 is 5.60 Å². The lowest BCUT2D eigenvalue weighted by atomic mass is 10.2. The van der Waals surface area contributed by atoms with E-state index in [4.69, 9.17) is 10.5 Å². The normalized spacial score (nSPS) is 11.3. The maximum Gasteiger partial charge on any atom is 0.348 e. The summed E-state index contributed by atoms with van der Waals surface area (Å²) in [6.45, 7) is 5.51. The zero-order chi connectivity index (χ0) is 10.1. The van der Waals surface area contributed by atoms with Crippen LogP contribution in [0.5, 0.6) is 0 Å². The summed E-state index contributed by atoms with van der Waals surface area (Å²) >= 11 is 1.30. The van der Waals surface area contributed by atoms with E-state index in [2.05, 4.69) is 0 Å². The van der Waals surface area contributed by atoms with Crippen molar-refractivity contribution in [2.24, 2.45) is 0 Å². The molecule has 1 aromatic heterocycles. The zero-order valence-corrected chi connectivity index (χ0v) is 8.77. The SMILES string of the molecule is CC(C)(C)OC(=O)c1cc(N)cs1. The Hall–Kier alpha value is -1.03. The van der Waals surface area contributed by atoms with Crippen molar-refractivity contribution in [2.45, 2.75) is 26.4 Å². The van der Waals surface area contributed by atoms with Gasteiger partial charge in [0.25, 0.3) is 0 Å². The van der Waals surface area contributed by atoms with Crippen LogP contribution < -0.4 is 5.73 Å². The molecule has 1 heterocycles. The van der Waals surface area contributed by atoms with Gasteiger partial charge in [0.15, 0.2) is 0 Å². The number of carbonyl (C=O) groups is 1. The molecule has 0 unspecified atom stereocenters. The van der Waals surface area contributed by atoms with Crippen molar-refractivity contribution < 1.29 is 9.53 Å². The van der Waals surface area contributed by atoms with Crippen LogP contribution in [0.2, 0.25) is 0 Å². The van der Waals surface area contributed by atoms with Crippen LogP contribution >= 0.6 is 11.3 Å². The number of nitrogen functional groups attached to an aromatic ring is 1. The lowest BCUT2D eigenvalue weighted by Crippen LogP contribution is -2.23. The first-order valence-corrected chi connectivity index (χ1v) is 4.84. The first kappa shape index (κ1) is 10.1. The largest absolute Gasteiger partial charge is 0.456 e. The molecule has 0 atom stereocenters. The zero-order valence-electron chi connectivity index (χ0n) is 7.96. The van der Waals surface area contributed by atoms with E-state index in [0.29, 0.717) is 10.6 Å². The van der Waals surface area contributed by atoms with Crippen LogP contribution in [0.3, 0.4) is 0 Å². The van der Waals surface area contributed by atoms with Gasteiger partial charge in [0.1, 0.15) is 10.5 Å². The number of nitrogens with two attached hydrogens (primary N) is 1. The van der Waals surface area contributed by atoms with Crippen LogP contribution in [0.15, 0.2) is 11.4 Å². The van der Waals surface area contributed by atoms with Gasteiger partial charge in [-0.15, -0.1) is 11.3 Å². The molecular weight excluding hydrogens is 186 g/mol. The Bertz CT molecular complexity index is 312. The lowest BCUT2D eigenvalue weighted by Gasteiger charge is -2.18. The Morgan fingerprint density at radius 3 is 2.54 bits per heavy atom. The summed E-state index contributed by atoms with van der Waals surface area (Å²) < 4.78 is 5.15. The van der Waals surface area contributed by atoms with Gasteiger partial charge >= 0.3 is 5.97 Å². The van der Waals surface area contributed by atoms with Crippen LogP contribution in [-0.2, 0) is 4.74 Å². The minimum absolute atomic E-state index is 0.311. The van der Waals surface area contributed by atoms with E-state index in [1.807, 2.05) is 20.8 Å². The molecule has 0 radical (unpaired) electrons. The fraction of sp³-hybridized carbons (Fsp3) is 0.444. The van der Waals surface area contributed by atoms with E-state index in [1.54, 1.807) is 11.4 Å². The van der Waals surface area contributed by atoms with E-state index >= 15 is 0 Å². The molecule has 72 valence electrons. The van der Waals surface area contributed by atoms with Gasteiger partial charge in [0, 0.05) is 11.1 Å². The van der Waals surface area contributed by atoms with Crippen molar-refractivity contribution in [3.63, 3.8) is 0 Å². The number of carbonyl (C=O) groups excluding carboxylic acids is 1. The molecular formula is C9H13NO2S. The summed E-state index contributed by atoms with van der Waals surface area (Å²) in [7, 11) is 0. The van der Waals surface area contributed by atoms with Crippen LogP contribution in [0.4, 0.5) is 5.69 Å². The minimum atomic E-state index is -0.449. The summed E-state index contributed by atoms with van der Waals surface area (Å²) in [5.74, 6) is -0.311. The summed E-state index contributed by atoms with van der Waals surface area (Å²) in [6, 6.07) is 1.62. The summed E-state index contributed by atoms with van der Waals surface area (Å²) in [5.41, 5.74) is 5.64. The first-order chi connectivity index (χ1) is 5.88. The molecule has 3 nitrogen and oxygen atoms in total. The molecule has 13 heavy (non-hydrogen) atoms. The Labute approximate surface area is 81.5 Å². The molecule has 0 aromatic carbocycles. The van der Waals surface area contributed by atoms with E-state index in [1.165, 1.54) is 11.3 Å². The van der Waals surface area contributed by atoms with Gasteiger partial charge in [0.05, 0.1) is 0 Å². The molecule has 0 saturated heterocycles. The van der Waals surface area contributed by atoms with Gasteiger partial charge < -0.3 is 10.5 Å². The molecule has 4 heteroatoms. The van der Waals surface area contributed by atoms with Crippen molar-refractivity contribution in [1.29, 1.82) is 0 Å². The third-order valence-electron chi connectivity index (χ3n) is 1.22. The minimum Gasteiger partial charge on any atom is -0.456 e. The highest BCUT2D eigenvalue weighted by Crippen LogP contribution is 2.19. The molecule has 0 bridgehead atoms. The first-order valence-electron chi connectivity index (χ1n) is 3.96. The van der Waals surface area contributed by atoms with Crippen LogP contribution in [-0.4, -0.2) is 11.6 Å². The lowest BCUT2D eigenvalue weighted by molar-refractivity contribution is 0.00753. The molecule has 0 spiro atoms. The molecule has 0 fully saturated rings. The third kappa shape index (κ3) is 3.06. The Balaban J connectivity index is 2.70. The fourth-order valence-corrected chi connectivity index (χ4v) is 1.46. The molecule has 1 aromatic rings. The van der Waals surface area contributed by atoms with Crippen molar-refractivity contribution in [3.05, 3.63) is 16.3 Å². The van der Waals surface area contributed by atoms with E-state index in [9.17, 15) is 4.79 Å². The molecule has 0 aliphatic rings. The Morgan fingerprint density at radius 2 is 2.15 bits per heavy atom. The van der Waals surface area contributed by atoms with Crippen LogP contribution in [0.1, 0.15) is 30.4 Å². The van der Waals surface area contributed by atoms with E-state index in [0.717, 1.165) is 0 Å². The average molecular weight is 199 g/mol. The molecule has 0 aliphatic carbocycles. The van der Waals surface area contributed by atoms with E-state index in [-0.39, 0.29) is 5.97 Å². The second-order valence-electron chi connectivity index (χ2n) is 3.75. The quantitative estimate of drug-likeness (QED) is 0.706. The number of hydrogen-bond acceptors (Lipinski definition) is 4. The smallest absolute Gasteiger partial charge is 0.348 e. The highest BCUT2D eigenvalue weighted by molar-refractivity contribution is 7.12. The molecule has 1 rings (SSSR count). The number of ether oxygens (including phenoxy) is 1. The maximum atomic E-state index is 11.4. The molecule has 0 saturated carbocycles. The topological polar surface area (TPSA) is 52.3 Å². The monoisotopic (exact) mass is 199 g/mol. The Morgan fingerprint density at radius 1 is 1.54 bits per heavy atom.